The maximum atomic E-state index is 5.55. The Morgan fingerprint density at radius 1 is 1.50 bits per heavy atom. The van der Waals surface area contributed by atoms with Crippen LogP contribution in [0.3, 0.4) is 0 Å². The molecule has 0 radical (unpaired) electrons. The maximum absolute atomic E-state index is 5.55. The van der Waals surface area contributed by atoms with E-state index in [4.69, 9.17) is 5.73 Å². The molecule has 0 aliphatic heterocycles. The molecule has 62 valence electrons. The fourth-order valence-corrected chi connectivity index (χ4v) is 2.17. The van der Waals surface area contributed by atoms with Crippen LogP contribution in [-0.4, -0.2) is 4.37 Å². The van der Waals surface area contributed by atoms with Gasteiger partial charge in [0.05, 0.1) is 10.4 Å². The van der Waals surface area contributed by atoms with Crippen molar-refractivity contribution in [1.29, 1.82) is 0 Å². The van der Waals surface area contributed by atoms with Crippen LogP contribution in [0.4, 0.5) is 0 Å². The van der Waals surface area contributed by atoms with E-state index in [2.05, 4.69) is 23.4 Å². The Labute approximate surface area is 75.2 Å². The van der Waals surface area contributed by atoms with Crippen LogP contribution >= 0.6 is 11.5 Å². The topological polar surface area (TPSA) is 38.9 Å². The smallest absolute Gasteiger partial charge is 0.0756 e. The van der Waals surface area contributed by atoms with Crippen LogP contribution in [0.1, 0.15) is 11.3 Å². The summed E-state index contributed by atoms with van der Waals surface area (Å²) >= 11 is 1.54. The van der Waals surface area contributed by atoms with Crippen molar-refractivity contribution in [2.45, 2.75) is 13.5 Å². The molecule has 0 saturated carbocycles. The first kappa shape index (κ1) is 7.71. The van der Waals surface area contributed by atoms with Gasteiger partial charge in [-0.2, -0.15) is 4.37 Å². The minimum absolute atomic E-state index is 0.531. The van der Waals surface area contributed by atoms with Gasteiger partial charge in [-0.05, 0) is 24.0 Å². The van der Waals surface area contributed by atoms with E-state index >= 15 is 0 Å². The number of hydrogen-bond acceptors (Lipinski definition) is 3. The highest BCUT2D eigenvalue weighted by molar-refractivity contribution is 7.13. The van der Waals surface area contributed by atoms with Crippen molar-refractivity contribution in [1.82, 2.24) is 4.37 Å². The molecule has 0 aliphatic carbocycles. The average Bonchev–Trinajstić information content (AvgIpc) is 2.49. The van der Waals surface area contributed by atoms with E-state index in [1.54, 1.807) is 0 Å². The lowest BCUT2D eigenvalue weighted by atomic mass is 10.1. The van der Waals surface area contributed by atoms with Crippen molar-refractivity contribution in [3.8, 4) is 0 Å². The molecule has 2 nitrogen and oxygen atoms in total. The van der Waals surface area contributed by atoms with Crippen LogP contribution in [0.2, 0.25) is 0 Å². The second kappa shape index (κ2) is 2.84. The third-order valence-corrected chi connectivity index (χ3v) is 3.00. The predicted octanol–water partition coefficient (Wildman–Crippen LogP) is 2.06. The van der Waals surface area contributed by atoms with E-state index in [0.29, 0.717) is 6.54 Å². The number of rotatable bonds is 1. The quantitative estimate of drug-likeness (QED) is 0.726. The minimum atomic E-state index is 0.531. The first-order valence-corrected chi connectivity index (χ1v) is 4.64. The highest BCUT2D eigenvalue weighted by atomic mass is 32.1. The summed E-state index contributed by atoms with van der Waals surface area (Å²) in [5.74, 6) is 0. The molecule has 3 heteroatoms. The van der Waals surface area contributed by atoms with Gasteiger partial charge in [-0.3, -0.25) is 0 Å². The Balaban J connectivity index is 2.80. The summed E-state index contributed by atoms with van der Waals surface area (Å²) in [4.78, 5) is 0. The van der Waals surface area contributed by atoms with Gasteiger partial charge in [0.25, 0.3) is 0 Å². The number of nitrogens with two attached hydrogens (primary N) is 1. The number of aromatic nitrogens is 1. The van der Waals surface area contributed by atoms with Gasteiger partial charge in [-0.25, -0.2) is 0 Å². The Hall–Kier alpha value is -0.930. The fraction of sp³-hybridized carbons (Fsp3) is 0.222. The van der Waals surface area contributed by atoms with E-state index in [1.807, 2.05) is 6.07 Å². The van der Waals surface area contributed by atoms with Crippen molar-refractivity contribution < 1.29 is 0 Å². The molecule has 0 atom stereocenters. The van der Waals surface area contributed by atoms with Gasteiger partial charge in [0.15, 0.2) is 0 Å². The van der Waals surface area contributed by atoms with Crippen LogP contribution in [-0.2, 0) is 6.54 Å². The molecule has 0 bridgehead atoms. The number of fused-ring (bicyclic) bond motifs is 1. The Morgan fingerprint density at radius 2 is 2.33 bits per heavy atom. The number of nitrogens with zero attached hydrogens (tertiary/aromatic N) is 1. The molecule has 2 N–H and O–H groups in total. The lowest BCUT2D eigenvalue weighted by molar-refractivity contribution is 1.04. The molecule has 0 aliphatic rings. The first-order valence-electron chi connectivity index (χ1n) is 3.87. The zero-order chi connectivity index (χ0) is 8.55. The Morgan fingerprint density at radius 3 is 3.08 bits per heavy atom. The molecule has 1 aromatic carbocycles. The first-order chi connectivity index (χ1) is 5.83. The van der Waals surface area contributed by atoms with Gasteiger partial charge in [-0.15, -0.1) is 0 Å². The number of benzene rings is 1. The van der Waals surface area contributed by atoms with Gasteiger partial charge in [0.1, 0.15) is 0 Å². The van der Waals surface area contributed by atoms with E-state index in [0.717, 1.165) is 5.69 Å². The van der Waals surface area contributed by atoms with Gasteiger partial charge in [0.2, 0.25) is 0 Å². The Kier molecular flexibility index (Phi) is 1.83. The normalized spacial score (nSPS) is 10.8. The molecular formula is C9H10N2S. The second-order valence-electron chi connectivity index (χ2n) is 2.78. The van der Waals surface area contributed by atoms with Crippen molar-refractivity contribution in [2.24, 2.45) is 5.73 Å². The largest absolute Gasteiger partial charge is 0.325 e. The van der Waals surface area contributed by atoms with Crippen molar-refractivity contribution in [2.75, 3.05) is 0 Å². The second-order valence-corrected chi connectivity index (χ2v) is 3.56. The van der Waals surface area contributed by atoms with E-state index in [1.165, 1.54) is 27.2 Å². The highest BCUT2D eigenvalue weighted by Crippen LogP contribution is 2.25. The molecule has 0 unspecified atom stereocenters. The highest BCUT2D eigenvalue weighted by Gasteiger charge is 2.04. The van der Waals surface area contributed by atoms with E-state index < -0.39 is 0 Å². The summed E-state index contributed by atoms with van der Waals surface area (Å²) < 4.78 is 5.55. The number of aryl methyl sites for hydroxylation is 1. The summed E-state index contributed by atoms with van der Waals surface area (Å²) in [7, 11) is 0. The molecule has 0 amide bonds. The lowest BCUT2D eigenvalue weighted by Gasteiger charge is -1.93. The Bertz CT molecular complexity index is 406. The molecule has 2 rings (SSSR count). The minimum Gasteiger partial charge on any atom is -0.325 e. The van der Waals surface area contributed by atoms with E-state index in [9.17, 15) is 0 Å². The van der Waals surface area contributed by atoms with Crippen LogP contribution in [0.25, 0.3) is 10.1 Å². The van der Waals surface area contributed by atoms with Crippen LogP contribution in [0.5, 0.6) is 0 Å². The van der Waals surface area contributed by atoms with Gasteiger partial charge in [0, 0.05) is 11.9 Å². The van der Waals surface area contributed by atoms with Gasteiger partial charge >= 0.3 is 0 Å². The van der Waals surface area contributed by atoms with Gasteiger partial charge in [-0.1, -0.05) is 18.2 Å². The van der Waals surface area contributed by atoms with Crippen LogP contribution in [0.15, 0.2) is 18.2 Å². The van der Waals surface area contributed by atoms with Crippen molar-refractivity contribution in [3.63, 3.8) is 0 Å². The summed E-state index contributed by atoms with van der Waals surface area (Å²) in [5, 5.41) is 1.21. The lowest BCUT2D eigenvalue weighted by Crippen LogP contribution is -1.95. The molecule has 0 spiro atoms. The number of hydrogen-bond donors (Lipinski definition) is 1. The fourth-order valence-electron chi connectivity index (χ4n) is 1.30. The summed E-state index contributed by atoms with van der Waals surface area (Å²) in [6.07, 6.45) is 0. The monoisotopic (exact) mass is 178 g/mol. The molecular weight excluding hydrogens is 168 g/mol. The molecule has 12 heavy (non-hydrogen) atoms. The zero-order valence-electron chi connectivity index (χ0n) is 6.87. The van der Waals surface area contributed by atoms with Crippen LogP contribution < -0.4 is 5.73 Å². The van der Waals surface area contributed by atoms with Crippen molar-refractivity contribution >= 4 is 21.6 Å². The SMILES string of the molecule is Cc1cccc2c(CN)nsc12. The molecule has 1 heterocycles. The third kappa shape index (κ3) is 1.02. The van der Waals surface area contributed by atoms with Crippen molar-refractivity contribution in [3.05, 3.63) is 29.5 Å². The van der Waals surface area contributed by atoms with E-state index in [-0.39, 0.29) is 0 Å². The zero-order valence-corrected chi connectivity index (χ0v) is 7.69. The summed E-state index contributed by atoms with van der Waals surface area (Å²) in [6, 6.07) is 6.22. The van der Waals surface area contributed by atoms with Gasteiger partial charge < -0.3 is 5.73 Å². The summed E-state index contributed by atoms with van der Waals surface area (Å²) in [6.45, 7) is 2.63. The average molecular weight is 178 g/mol. The standard InChI is InChI=1S/C9H10N2S/c1-6-3-2-4-7-8(5-10)11-12-9(6)7/h2-4H,5,10H2,1H3. The molecule has 0 fully saturated rings. The predicted molar refractivity (Wildman–Crippen MR) is 52.2 cm³/mol. The molecule has 2 aromatic rings. The summed E-state index contributed by atoms with van der Waals surface area (Å²) in [5.41, 5.74) is 7.85. The maximum Gasteiger partial charge on any atom is 0.0756 e. The molecule has 1 aromatic heterocycles. The molecule has 0 saturated heterocycles. The van der Waals surface area contributed by atoms with Crippen LogP contribution in [0, 0.1) is 6.92 Å². The third-order valence-electron chi connectivity index (χ3n) is 1.96.